The van der Waals surface area contributed by atoms with Crippen LogP contribution in [0.25, 0.3) is 10.9 Å². The summed E-state index contributed by atoms with van der Waals surface area (Å²) in [6.45, 7) is 0.823. The Morgan fingerprint density at radius 1 is 1.58 bits per heavy atom. The van der Waals surface area contributed by atoms with Gasteiger partial charge in [0, 0.05) is 35.1 Å². The minimum atomic E-state index is -0.944. The molecule has 1 N–H and O–H groups in total. The molecule has 0 bridgehead atoms. The molecule has 1 atom stereocenters. The van der Waals surface area contributed by atoms with E-state index in [0.29, 0.717) is 38.8 Å². The smallest absolute Gasteiger partial charge is 0.407 e. The molecule has 0 radical (unpaired) electrons. The number of anilines is 1. The van der Waals surface area contributed by atoms with E-state index >= 15 is 0 Å². The van der Waals surface area contributed by atoms with Crippen molar-refractivity contribution in [2.75, 3.05) is 25.0 Å². The van der Waals surface area contributed by atoms with E-state index in [1.54, 1.807) is 13.1 Å². The number of amides is 1. The lowest BCUT2D eigenvalue weighted by Crippen LogP contribution is -2.36. The summed E-state index contributed by atoms with van der Waals surface area (Å²) in [6, 6.07) is 1.73. The van der Waals surface area contributed by atoms with Gasteiger partial charge in [0.2, 0.25) is 5.28 Å². The van der Waals surface area contributed by atoms with Crippen LogP contribution in [0.1, 0.15) is 6.42 Å². The van der Waals surface area contributed by atoms with Crippen LogP contribution in [-0.4, -0.2) is 52.2 Å². The molecule has 3 rings (SSSR count). The van der Waals surface area contributed by atoms with Crippen LogP contribution in [0, 0.1) is 9.39 Å². The third-order valence-electron chi connectivity index (χ3n) is 4.10. The van der Waals surface area contributed by atoms with Crippen LogP contribution in [-0.2, 0) is 0 Å². The number of hydrogen-bond donors (Lipinski definition) is 1. The highest BCUT2D eigenvalue weighted by Crippen LogP contribution is 2.35. The van der Waals surface area contributed by atoms with Gasteiger partial charge in [0.1, 0.15) is 11.3 Å². The average Bonchev–Trinajstić information content (AvgIpc) is 3.02. The van der Waals surface area contributed by atoms with Crippen LogP contribution in [0.3, 0.4) is 0 Å². The Labute approximate surface area is 164 Å². The highest BCUT2D eigenvalue weighted by molar-refractivity contribution is 14.1. The molecule has 0 spiro atoms. The molecule has 6 nitrogen and oxygen atoms in total. The molecule has 1 aromatic carbocycles. The largest absolute Gasteiger partial charge is 0.465 e. The van der Waals surface area contributed by atoms with Gasteiger partial charge in [-0.3, -0.25) is 0 Å². The second kappa shape index (κ2) is 6.75. The summed E-state index contributed by atoms with van der Waals surface area (Å²) in [5, 5.41) is 9.60. The third-order valence-corrected chi connectivity index (χ3v) is 6.63. The Bertz CT molecular complexity index is 840. The Morgan fingerprint density at radius 3 is 2.92 bits per heavy atom. The Morgan fingerprint density at radius 2 is 2.29 bits per heavy atom. The normalized spacial score (nSPS) is 17.5. The minimum Gasteiger partial charge on any atom is -0.465 e. The average molecular weight is 530 g/mol. The van der Waals surface area contributed by atoms with Gasteiger partial charge in [0.05, 0.1) is 4.47 Å². The first-order valence-corrected chi connectivity index (χ1v) is 9.26. The second-order valence-electron chi connectivity index (χ2n) is 5.48. The van der Waals surface area contributed by atoms with Crippen molar-refractivity contribution >= 4 is 72.9 Å². The number of fused-ring (bicyclic) bond motifs is 1. The Hall–Kier alpha value is -0.940. The van der Waals surface area contributed by atoms with Gasteiger partial charge in [-0.05, 0) is 62.6 Å². The minimum absolute atomic E-state index is 0.0514. The molecular formula is C14H12BrClFIN4O2. The number of likely N-dealkylation sites (tertiary alicyclic amines) is 1. The fourth-order valence-electron chi connectivity index (χ4n) is 2.80. The Balaban J connectivity index is 2.07. The van der Waals surface area contributed by atoms with Crippen LogP contribution >= 0.6 is 50.1 Å². The molecule has 1 aliphatic heterocycles. The summed E-state index contributed by atoms with van der Waals surface area (Å²) >= 11 is 11.2. The standard InChI is InChI=1S/C14H12BrClFIN4O2/c1-21(6-2-3-22(5-6)14(23)24)12-7-4-8(18)9(15)10(17)11(7)19-13(16)20-12/h4,6H,2-3,5H2,1H3,(H,23,24)/t6-/m0/s1. The van der Waals surface area contributed by atoms with Crippen LogP contribution in [0.4, 0.5) is 15.0 Å². The number of benzene rings is 1. The number of halogens is 4. The highest BCUT2D eigenvalue weighted by atomic mass is 127. The lowest BCUT2D eigenvalue weighted by Gasteiger charge is -2.26. The van der Waals surface area contributed by atoms with Gasteiger partial charge in [-0.25, -0.2) is 14.2 Å². The molecule has 0 unspecified atom stereocenters. The van der Waals surface area contributed by atoms with Gasteiger partial charge in [0.15, 0.2) is 5.82 Å². The molecule has 1 aromatic heterocycles. The molecule has 128 valence electrons. The predicted octanol–water partition coefficient (Wildman–Crippen LogP) is 3.98. The maximum absolute atomic E-state index is 14.5. The summed E-state index contributed by atoms with van der Waals surface area (Å²) < 4.78 is 15.5. The van der Waals surface area contributed by atoms with Crippen LogP contribution in [0.15, 0.2) is 10.5 Å². The van der Waals surface area contributed by atoms with E-state index in [4.69, 9.17) is 16.7 Å². The molecule has 2 aromatic rings. The number of nitrogens with zero attached hydrogens (tertiary/aromatic N) is 4. The fourth-order valence-corrected chi connectivity index (χ4v) is 3.82. The van der Waals surface area contributed by atoms with E-state index in [1.807, 2.05) is 27.5 Å². The summed E-state index contributed by atoms with van der Waals surface area (Å²) in [5.74, 6) is 0.000916. The number of rotatable bonds is 2. The number of hydrogen-bond acceptors (Lipinski definition) is 4. The van der Waals surface area contributed by atoms with Crippen LogP contribution in [0.2, 0.25) is 5.28 Å². The molecule has 1 fully saturated rings. The maximum Gasteiger partial charge on any atom is 0.407 e. The van der Waals surface area contributed by atoms with Crippen molar-refractivity contribution in [2.24, 2.45) is 0 Å². The van der Waals surface area contributed by atoms with Crippen molar-refractivity contribution in [1.82, 2.24) is 14.9 Å². The third kappa shape index (κ3) is 3.13. The zero-order valence-corrected chi connectivity index (χ0v) is 16.9. The van der Waals surface area contributed by atoms with E-state index in [2.05, 4.69) is 25.9 Å². The van der Waals surface area contributed by atoms with Crippen molar-refractivity contribution in [3.8, 4) is 0 Å². The molecule has 10 heteroatoms. The lowest BCUT2D eigenvalue weighted by atomic mass is 10.2. The van der Waals surface area contributed by atoms with E-state index in [1.165, 1.54) is 4.90 Å². The lowest BCUT2D eigenvalue weighted by molar-refractivity contribution is 0.155. The van der Waals surface area contributed by atoms with Crippen LogP contribution in [0.5, 0.6) is 0 Å². The molecule has 2 heterocycles. The van der Waals surface area contributed by atoms with Crippen LogP contribution < -0.4 is 4.90 Å². The monoisotopic (exact) mass is 528 g/mol. The van der Waals surface area contributed by atoms with Gasteiger partial charge in [-0.15, -0.1) is 0 Å². The Kier molecular flexibility index (Phi) is 5.03. The van der Waals surface area contributed by atoms with Crippen molar-refractivity contribution in [1.29, 1.82) is 0 Å². The SMILES string of the molecule is CN(c1nc(Cl)nc2c(F)c(Br)c(I)cc12)[C@H]1CCN(C(=O)O)C1. The van der Waals surface area contributed by atoms with Crippen molar-refractivity contribution < 1.29 is 14.3 Å². The first kappa shape index (κ1) is 17.9. The topological polar surface area (TPSA) is 69.6 Å². The number of likely N-dealkylation sites (N-methyl/N-ethyl adjacent to an activating group) is 1. The molecule has 1 aliphatic rings. The quantitative estimate of drug-likeness (QED) is 0.362. The first-order chi connectivity index (χ1) is 11.3. The van der Waals surface area contributed by atoms with Gasteiger partial charge >= 0.3 is 6.09 Å². The van der Waals surface area contributed by atoms with Gasteiger partial charge in [-0.1, -0.05) is 0 Å². The first-order valence-electron chi connectivity index (χ1n) is 7.01. The maximum atomic E-state index is 14.5. The molecule has 24 heavy (non-hydrogen) atoms. The fraction of sp³-hybridized carbons (Fsp3) is 0.357. The van der Waals surface area contributed by atoms with Crippen molar-refractivity contribution in [3.05, 3.63) is 25.2 Å². The van der Waals surface area contributed by atoms with Gasteiger partial charge in [0.25, 0.3) is 0 Å². The van der Waals surface area contributed by atoms with E-state index in [0.717, 1.165) is 0 Å². The molecular weight excluding hydrogens is 517 g/mol. The van der Waals surface area contributed by atoms with Crippen molar-refractivity contribution in [3.63, 3.8) is 0 Å². The molecule has 1 amide bonds. The highest BCUT2D eigenvalue weighted by Gasteiger charge is 2.30. The van der Waals surface area contributed by atoms with Gasteiger partial charge in [-0.2, -0.15) is 4.98 Å². The number of carboxylic acid groups (broad SMARTS) is 1. The van der Waals surface area contributed by atoms with Gasteiger partial charge < -0.3 is 14.9 Å². The zero-order valence-electron chi connectivity index (χ0n) is 12.4. The summed E-state index contributed by atoms with van der Waals surface area (Å²) in [5.41, 5.74) is 0.136. The summed E-state index contributed by atoms with van der Waals surface area (Å²) in [7, 11) is 1.81. The second-order valence-corrected chi connectivity index (χ2v) is 7.77. The van der Waals surface area contributed by atoms with E-state index in [-0.39, 0.29) is 16.8 Å². The molecule has 0 saturated carbocycles. The number of aromatic nitrogens is 2. The number of carbonyl (C=O) groups is 1. The van der Waals surface area contributed by atoms with Crippen molar-refractivity contribution in [2.45, 2.75) is 12.5 Å². The predicted molar refractivity (Wildman–Crippen MR) is 101 cm³/mol. The summed E-state index contributed by atoms with van der Waals surface area (Å²) in [4.78, 5) is 22.6. The van der Waals surface area contributed by atoms with E-state index < -0.39 is 11.9 Å². The molecule has 1 saturated heterocycles. The van der Waals surface area contributed by atoms with E-state index in [9.17, 15) is 9.18 Å². The zero-order chi connectivity index (χ0) is 17.6. The molecule has 0 aliphatic carbocycles. The summed E-state index contributed by atoms with van der Waals surface area (Å²) in [6.07, 6.45) is -0.275.